The Morgan fingerprint density at radius 1 is 1.10 bits per heavy atom. The van der Waals surface area contributed by atoms with E-state index in [0.717, 1.165) is 36.2 Å². The topological polar surface area (TPSA) is 55.1 Å². The standard InChI is InChI=1S/C17H16N2O/c18-13-7-6-11-9-17(10-12(11)8-13)14-4-2-1-3-5-15(14)19-16(17)20/h2-8H,1,9-10,18H2,(H,19,20). The summed E-state index contributed by atoms with van der Waals surface area (Å²) in [6.07, 6.45) is 10.8. The van der Waals surface area contributed by atoms with Crippen molar-refractivity contribution in [2.45, 2.75) is 19.3 Å². The van der Waals surface area contributed by atoms with Crippen LogP contribution >= 0.6 is 0 Å². The normalized spacial score (nSPS) is 26.7. The molecule has 1 unspecified atom stereocenters. The van der Waals surface area contributed by atoms with Crippen molar-refractivity contribution in [2.24, 2.45) is 5.41 Å². The van der Waals surface area contributed by atoms with Gasteiger partial charge in [0.15, 0.2) is 0 Å². The van der Waals surface area contributed by atoms with Crippen LogP contribution in [-0.2, 0) is 17.6 Å². The first kappa shape index (κ1) is 11.5. The maximum Gasteiger partial charge on any atom is 0.235 e. The minimum absolute atomic E-state index is 0.119. The average molecular weight is 264 g/mol. The largest absolute Gasteiger partial charge is 0.399 e. The molecule has 0 bridgehead atoms. The Bertz CT molecular complexity index is 712. The molecule has 0 radical (unpaired) electrons. The third-order valence-electron chi connectivity index (χ3n) is 4.54. The molecule has 0 saturated carbocycles. The van der Waals surface area contributed by atoms with Gasteiger partial charge in [0.1, 0.15) is 0 Å². The Kier molecular flexibility index (Phi) is 2.22. The number of nitrogens with two attached hydrogens (primary N) is 1. The van der Waals surface area contributed by atoms with E-state index in [1.165, 1.54) is 11.1 Å². The number of allylic oxidation sites excluding steroid dienone is 4. The van der Waals surface area contributed by atoms with Crippen molar-refractivity contribution < 1.29 is 4.79 Å². The SMILES string of the molecule is Nc1ccc2c(c1)CC1(C2)C(=O)NC2=C1C=CCC=C2. The fourth-order valence-corrected chi connectivity index (χ4v) is 3.57. The van der Waals surface area contributed by atoms with Gasteiger partial charge >= 0.3 is 0 Å². The van der Waals surface area contributed by atoms with Gasteiger partial charge in [-0.05, 0) is 54.2 Å². The molecule has 1 aliphatic heterocycles. The number of benzene rings is 1. The molecular formula is C17H16N2O. The highest BCUT2D eigenvalue weighted by molar-refractivity contribution is 5.94. The van der Waals surface area contributed by atoms with Gasteiger partial charge in [-0.15, -0.1) is 0 Å². The zero-order valence-electron chi connectivity index (χ0n) is 11.1. The van der Waals surface area contributed by atoms with E-state index < -0.39 is 5.41 Å². The van der Waals surface area contributed by atoms with Gasteiger partial charge < -0.3 is 11.1 Å². The van der Waals surface area contributed by atoms with Crippen LogP contribution in [0.25, 0.3) is 0 Å². The molecule has 2 aliphatic carbocycles. The van der Waals surface area contributed by atoms with E-state index in [1.54, 1.807) is 0 Å². The molecule has 100 valence electrons. The second-order valence-electron chi connectivity index (χ2n) is 5.79. The zero-order valence-corrected chi connectivity index (χ0v) is 11.1. The van der Waals surface area contributed by atoms with Crippen molar-refractivity contribution in [3.8, 4) is 0 Å². The van der Waals surface area contributed by atoms with Crippen molar-refractivity contribution >= 4 is 11.6 Å². The van der Waals surface area contributed by atoms with E-state index in [9.17, 15) is 4.79 Å². The van der Waals surface area contributed by atoms with E-state index >= 15 is 0 Å². The average Bonchev–Trinajstić information content (AvgIpc) is 2.79. The molecular weight excluding hydrogens is 248 g/mol. The fourth-order valence-electron chi connectivity index (χ4n) is 3.57. The lowest BCUT2D eigenvalue weighted by Gasteiger charge is -2.22. The highest BCUT2D eigenvalue weighted by Crippen LogP contribution is 2.48. The molecule has 1 aromatic rings. The third kappa shape index (κ3) is 1.43. The molecule has 3 heteroatoms. The summed E-state index contributed by atoms with van der Waals surface area (Å²) in [7, 11) is 0. The van der Waals surface area contributed by atoms with Gasteiger partial charge in [-0.1, -0.05) is 24.3 Å². The zero-order chi connectivity index (χ0) is 13.7. The van der Waals surface area contributed by atoms with Crippen LogP contribution in [0.1, 0.15) is 17.5 Å². The maximum atomic E-state index is 12.6. The third-order valence-corrected chi connectivity index (χ3v) is 4.54. The van der Waals surface area contributed by atoms with Crippen LogP contribution < -0.4 is 11.1 Å². The first-order valence-corrected chi connectivity index (χ1v) is 6.96. The van der Waals surface area contributed by atoms with Crippen LogP contribution in [-0.4, -0.2) is 5.91 Å². The summed E-state index contributed by atoms with van der Waals surface area (Å²) in [5, 5.41) is 3.05. The van der Waals surface area contributed by atoms with Gasteiger partial charge in [0.25, 0.3) is 0 Å². The summed E-state index contributed by atoms with van der Waals surface area (Å²) < 4.78 is 0. The smallest absolute Gasteiger partial charge is 0.235 e. The minimum atomic E-state index is -0.434. The maximum absolute atomic E-state index is 12.6. The number of hydrogen-bond donors (Lipinski definition) is 2. The molecule has 4 rings (SSSR count). The van der Waals surface area contributed by atoms with Crippen LogP contribution in [0.3, 0.4) is 0 Å². The van der Waals surface area contributed by atoms with Gasteiger partial charge in [-0.25, -0.2) is 0 Å². The molecule has 3 nitrogen and oxygen atoms in total. The predicted octanol–water partition coefficient (Wildman–Crippen LogP) is 2.25. The van der Waals surface area contributed by atoms with Crippen molar-refractivity contribution in [3.63, 3.8) is 0 Å². The Balaban J connectivity index is 1.84. The predicted molar refractivity (Wildman–Crippen MR) is 78.8 cm³/mol. The molecule has 1 aromatic carbocycles. The Morgan fingerprint density at radius 2 is 1.90 bits per heavy atom. The Morgan fingerprint density at radius 3 is 2.80 bits per heavy atom. The number of rotatable bonds is 0. The van der Waals surface area contributed by atoms with Crippen molar-refractivity contribution in [1.82, 2.24) is 5.32 Å². The lowest BCUT2D eigenvalue weighted by molar-refractivity contribution is -0.126. The Labute approximate surface area is 117 Å². The molecule has 1 amide bonds. The molecule has 0 saturated heterocycles. The number of amides is 1. The number of carbonyl (C=O) groups excluding carboxylic acids is 1. The van der Waals surface area contributed by atoms with Crippen LogP contribution in [0.15, 0.2) is 53.8 Å². The quantitative estimate of drug-likeness (QED) is 0.706. The number of carbonyl (C=O) groups is 1. The number of nitrogen functional groups attached to an aromatic ring is 1. The Hall–Kier alpha value is -2.29. The highest BCUT2D eigenvalue weighted by atomic mass is 16.2. The highest BCUT2D eigenvalue weighted by Gasteiger charge is 2.50. The molecule has 1 spiro atoms. The van der Waals surface area contributed by atoms with E-state index in [0.29, 0.717) is 0 Å². The number of nitrogens with one attached hydrogen (secondary N) is 1. The van der Waals surface area contributed by atoms with Crippen molar-refractivity contribution in [2.75, 3.05) is 5.73 Å². The van der Waals surface area contributed by atoms with Gasteiger partial charge in [0, 0.05) is 11.4 Å². The van der Waals surface area contributed by atoms with Crippen molar-refractivity contribution in [1.29, 1.82) is 0 Å². The van der Waals surface area contributed by atoms with Crippen LogP contribution in [0.4, 0.5) is 5.69 Å². The molecule has 1 heterocycles. The number of hydrogen-bond acceptors (Lipinski definition) is 2. The van der Waals surface area contributed by atoms with E-state index in [1.807, 2.05) is 18.2 Å². The summed E-state index contributed by atoms with van der Waals surface area (Å²) in [4.78, 5) is 12.6. The minimum Gasteiger partial charge on any atom is -0.399 e. The molecule has 20 heavy (non-hydrogen) atoms. The van der Waals surface area contributed by atoms with Crippen LogP contribution in [0.5, 0.6) is 0 Å². The second-order valence-corrected chi connectivity index (χ2v) is 5.79. The van der Waals surface area contributed by atoms with Crippen LogP contribution in [0, 0.1) is 5.41 Å². The van der Waals surface area contributed by atoms with E-state index in [2.05, 4.69) is 29.6 Å². The molecule has 3 N–H and O–H groups in total. The van der Waals surface area contributed by atoms with Crippen molar-refractivity contribution in [3.05, 3.63) is 64.9 Å². The van der Waals surface area contributed by atoms with Gasteiger partial charge in [-0.2, -0.15) is 0 Å². The summed E-state index contributed by atoms with van der Waals surface area (Å²) in [6.45, 7) is 0. The van der Waals surface area contributed by atoms with Crippen LogP contribution in [0.2, 0.25) is 0 Å². The van der Waals surface area contributed by atoms with Gasteiger partial charge in [0.2, 0.25) is 5.91 Å². The number of anilines is 1. The lowest BCUT2D eigenvalue weighted by Crippen LogP contribution is -2.35. The molecule has 1 atom stereocenters. The summed E-state index contributed by atoms with van der Waals surface area (Å²) in [5.74, 6) is 0.119. The molecule has 3 aliphatic rings. The molecule has 0 aromatic heterocycles. The second kappa shape index (κ2) is 3.85. The first-order valence-electron chi connectivity index (χ1n) is 6.96. The number of fused-ring (bicyclic) bond motifs is 2. The molecule has 0 fully saturated rings. The summed E-state index contributed by atoms with van der Waals surface area (Å²) in [6, 6.07) is 5.98. The summed E-state index contributed by atoms with van der Waals surface area (Å²) >= 11 is 0. The lowest BCUT2D eigenvalue weighted by atomic mass is 9.78. The van der Waals surface area contributed by atoms with E-state index in [-0.39, 0.29) is 5.91 Å². The first-order chi connectivity index (χ1) is 9.69. The van der Waals surface area contributed by atoms with E-state index in [4.69, 9.17) is 5.73 Å². The summed E-state index contributed by atoms with van der Waals surface area (Å²) in [5.41, 5.74) is 10.7. The monoisotopic (exact) mass is 264 g/mol. The fraction of sp³-hybridized carbons (Fsp3) is 0.235. The van der Waals surface area contributed by atoms with Gasteiger partial charge in [-0.3, -0.25) is 4.79 Å². The van der Waals surface area contributed by atoms with Gasteiger partial charge in [0.05, 0.1) is 5.41 Å².